The Morgan fingerprint density at radius 2 is 2.21 bits per heavy atom. The van der Waals surface area contributed by atoms with Crippen LogP contribution in [0, 0.1) is 5.41 Å². The van der Waals surface area contributed by atoms with Crippen molar-refractivity contribution in [1.82, 2.24) is 24.5 Å². The summed E-state index contributed by atoms with van der Waals surface area (Å²) in [6.45, 7) is 5.19. The number of aliphatic hydroxyl groups is 1. The summed E-state index contributed by atoms with van der Waals surface area (Å²) in [5.74, 6) is 0.651. The van der Waals surface area contributed by atoms with E-state index in [1.807, 2.05) is 19.9 Å². The van der Waals surface area contributed by atoms with Gasteiger partial charge in [-0.15, -0.1) is 0 Å². The van der Waals surface area contributed by atoms with Crippen molar-refractivity contribution >= 4 is 28.9 Å². The number of aliphatic hydroxyl groups excluding tert-OH is 1. The normalized spacial score (nSPS) is 16.4. The van der Waals surface area contributed by atoms with Crippen LogP contribution in [0.1, 0.15) is 43.1 Å². The second-order valence-corrected chi connectivity index (χ2v) is 9.21. The van der Waals surface area contributed by atoms with E-state index in [1.165, 1.54) is 10.7 Å². The van der Waals surface area contributed by atoms with Gasteiger partial charge in [0.15, 0.2) is 5.65 Å². The fraction of sp³-hybridized carbons (Fsp3) is 0.478. The van der Waals surface area contributed by atoms with Gasteiger partial charge in [0.2, 0.25) is 0 Å². The van der Waals surface area contributed by atoms with Crippen LogP contribution in [-0.2, 0) is 4.74 Å². The third-order valence-electron chi connectivity index (χ3n) is 5.89. The third kappa shape index (κ3) is 4.90. The minimum atomic E-state index is -0.453. The Morgan fingerprint density at radius 1 is 1.38 bits per heavy atom. The van der Waals surface area contributed by atoms with Gasteiger partial charge in [0.1, 0.15) is 22.9 Å². The first-order chi connectivity index (χ1) is 16.3. The highest BCUT2D eigenvalue weighted by molar-refractivity contribution is 6.00. The maximum absolute atomic E-state index is 13.1. The lowest BCUT2D eigenvalue weighted by Crippen LogP contribution is -2.36. The van der Waals surface area contributed by atoms with Gasteiger partial charge in [-0.25, -0.2) is 4.98 Å². The highest BCUT2D eigenvalue weighted by Crippen LogP contribution is 2.22. The molecule has 4 N–H and O–H groups in total. The van der Waals surface area contributed by atoms with Crippen LogP contribution in [-0.4, -0.2) is 63.6 Å². The van der Waals surface area contributed by atoms with Gasteiger partial charge >= 0.3 is 0 Å². The van der Waals surface area contributed by atoms with Crippen molar-refractivity contribution in [3.8, 4) is 0 Å². The molecule has 1 aliphatic heterocycles. The average Bonchev–Trinajstić information content (AvgIpc) is 3.28. The molecule has 0 bridgehead atoms. The van der Waals surface area contributed by atoms with Crippen LogP contribution >= 0.6 is 0 Å². The molecule has 1 atom stereocenters. The Kier molecular flexibility index (Phi) is 6.85. The molecule has 1 aliphatic rings. The molecule has 0 aromatic carbocycles. The molecule has 3 aromatic rings. The van der Waals surface area contributed by atoms with E-state index in [9.17, 15) is 14.7 Å². The lowest BCUT2D eigenvalue weighted by Gasteiger charge is -2.24. The lowest BCUT2D eigenvalue weighted by molar-refractivity contribution is 0.0581. The maximum atomic E-state index is 13.1. The van der Waals surface area contributed by atoms with Gasteiger partial charge < -0.3 is 30.4 Å². The van der Waals surface area contributed by atoms with Crippen LogP contribution in [0.5, 0.6) is 0 Å². The second kappa shape index (κ2) is 9.82. The number of amides is 1. The van der Waals surface area contributed by atoms with Gasteiger partial charge in [-0.1, -0.05) is 13.8 Å². The van der Waals surface area contributed by atoms with Crippen molar-refractivity contribution in [2.75, 3.05) is 44.0 Å². The summed E-state index contributed by atoms with van der Waals surface area (Å²) in [6.07, 6.45) is 5.03. The summed E-state index contributed by atoms with van der Waals surface area (Å²) in [5, 5.41) is 22.7. The predicted octanol–water partition coefficient (Wildman–Crippen LogP) is 1.78. The van der Waals surface area contributed by atoms with E-state index in [0.717, 1.165) is 19.4 Å². The molecule has 182 valence electrons. The Bertz CT molecular complexity index is 1230. The molecule has 4 rings (SSSR count). The van der Waals surface area contributed by atoms with Crippen LogP contribution in [0.2, 0.25) is 0 Å². The van der Waals surface area contributed by atoms with Crippen molar-refractivity contribution in [3.05, 3.63) is 46.5 Å². The van der Waals surface area contributed by atoms with Gasteiger partial charge in [0, 0.05) is 44.5 Å². The zero-order chi connectivity index (χ0) is 24.3. The van der Waals surface area contributed by atoms with Crippen molar-refractivity contribution in [2.45, 2.75) is 32.7 Å². The fourth-order valence-electron chi connectivity index (χ4n) is 3.81. The van der Waals surface area contributed by atoms with E-state index < -0.39 is 5.41 Å². The minimum absolute atomic E-state index is 0.000363. The van der Waals surface area contributed by atoms with Gasteiger partial charge in [-0.3, -0.25) is 9.59 Å². The summed E-state index contributed by atoms with van der Waals surface area (Å²) in [4.78, 5) is 30.5. The molecule has 1 amide bonds. The zero-order valence-corrected chi connectivity index (χ0v) is 19.7. The molecule has 0 aliphatic carbocycles. The SMILES string of the molecule is CNc1cc(Nc2cccn(C3CCCOC3)c2=O)nc2c(C(=O)NCC(C)(C)CO)cnn12. The van der Waals surface area contributed by atoms with Crippen molar-refractivity contribution in [3.63, 3.8) is 0 Å². The smallest absolute Gasteiger partial charge is 0.274 e. The standard InChI is InChI=1S/C23H31N7O4/c1-23(2,14-31)13-25-21(32)16-11-26-30-19(24-3)10-18(28-20(16)30)27-17-7-4-8-29(22(17)33)15-6-5-9-34-12-15/h4,7-8,10-11,15,24,31H,5-6,9,12-14H2,1-3H3,(H,25,32)(H,27,28). The van der Waals surface area contributed by atoms with Crippen LogP contribution in [0.4, 0.5) is 17.3 Å². The molecule has 11 heteroatoms. The lowest BCUT2D eigenvalue weighted by atomic mass is 9.95. The molecule has 1 saturated heterocycles. The number of pyridine rings is 1. The molecular weight excluding hydrogens is 438 g/mol. The Balaban J connectivity index is 1.64. The topological polar surface area (TPSA) is 135 Å². The number of ether oxygens (including phenoxy) is 1. The number of carbonyl (C=O) groups excluding carboxylic acids is 1. The molecule has 4 heterocycles. The predicted molar refractivity (Wildman–Crippen MR) is 129 cm³/mol. The first-order valence-electron chi connectivity index (χ1n) is 11.3. The highest BCUT2D eigenvalue weighted by Gasteiger charge is 2.22. The molecule has 34 heavy (non-hydrogen) atoms. The van der Waals surface area contributed by atoms with E-state index in [1.54, 1.807) is 29.9 Å². The number of fused-ring (bicyclic) bond motifs is 1. The minimum Gasteiger partial charge on any atom is -0.396 e. The number of aromatic nitrogens is 4. The summed E-state index contributed by atoms with van der Waals surface area (Å²) in [5.41, 5.74) is 0.390. The monoisotopic (exact) mass is 469 g/mol. The average molecular weight is 470 g/mol. The number of rotatable bonds is 8. The first kappa shape index (κ1) is 23.7. The van der Waals surface area contributed by atoms with E-state index >= 15 is 0 Å². The molecule has 0 saturated carbocycles. The van der Waals surface area contributed by atoms with Gasteiger partial charge in [-0.05, 0) is 25.0 Å². The molecular formula is C23H31N7O4. The fourth-order valence-corrected chi connectivity index (χ4v) is 3.81. The molecule has 0 radical (unpaired) electrons. The Labute approximate surface area is 197 Å². The molecule has 1 unspecified atom stereocenters. The van der Waals surface area contributed by atoms with E-state index in [4.69, 9.17) is 4.74 Å². The summed E-state index contributed by atoms with van der Waals surface area (Å²) in [6, 6.07) is 5.24. The molecule has 3 aromatic heterocycles. The first-order valence-corrected chi connectivity index (χ1v) is 11.3. The van der Waals surface area contributed by atoms with Crippen LogP contribution in [0.25, 0.3) is 5.65 Å². The summed E-state index contributed by atoms with van der Waals surface area (Å²) in [7, 11) is 1.74. The second-order valence-electron chi connectivity index (χ2n) is 9.21. The maximum Gasteiger partial charge on any atom is 0.274 e. The number of hydrogen-bond donors (Lipinski definition) is 4. The number of anilines is 3. The molecule has 1 fully saturated rings. The van der Waals surface area contributed by atoms with Gasteiger partial charge in [0.25, 0.3) is 11.5 Å². The number of carbonyl (C=O) groups is 1. The van der Waals surface area contributed by atoms with Crippen molar-refractivity contribution in [2.24, 2.45) is 5.41 Å². The Morgan fingerprint density at radius 3 is 2.91 bits per heavy atom. The van der Waals surface area contributed by atoms with Crippen LogP contribution in [0.3, 0.4) is 0 Å². The van der Waals surface area contributed by atoms with E-state index in [2.05, 4.69) is 26.0 Å². The third-order valence-corrected chi connectivity index (χ3v) is 5.89. The van der Waals surface area contributed by atoms with Crippen molar-refractivity contribution in [1.29, 1.82) is 0 Å². The van der Waals surface area contributed by atoms with Crippen LogP contribution in [0.15, 0.2) is 35.4 Å². The Hall–Kier alpha value is -3.44. The highest BCUT2D eigenvalue weighted by atomic mass is 16.5. The number of hydrogen-bond acceptors (Lipinski definition) is 8. The largest absolute Gasteiger partial charge is 0.396 e. The quantitative estimate of drug-likeness (QED) is 0.392. The summed E-state index contributed by atoms with van der Waals surface area (Å²) >= 11 is 0. The number of nitrogens with zero attached hydrogens (tertiary/aromatic N) is 4. The van der Waals surface area contributed by atoms with Crippen LogP contribution < -0.4 is 21.5 Å². The van der Waals surface area contributed by atoms with E-state index in [0.29, 0.717) is 41.7 Å². The molecule has 0 spiro atoms. The van der Waals surface area contributed by atoms with Gasteiger partial charge in [0.05, 0.1) is 18.8 Å². The van der Waals surface area contributed by atoms with Gasteiger partial charge in [-0.2, -0.15) is 9.61 Å². The number of nitrogens with one attached hydrogen (secondary N) is 3. The van der Waals surface area contributed by atoms with E-state index in [-0.39, 0.29) is 24.1 Å². The summed E-state index contributed by atoms with van der Waals surface area (Å²) < 4.78 is 8.76. The molecule has 11 nitrogen and oxygen atoms in total. The van der Waals surface area contributed by atoms with Crippen molar-refractivity contribution < 1.29 is 14.6 Å². The zero-order valence-electron chi connectivity index (χ0n) is 19.7.